The fraction of sp³-hybridized carbons (Fsp3) is 0.600. The molecule has 0 spiro atoms. The molecule has 0 aromatic carbocycles. The molecule has 1 amide bonds. The molecule has 1 fully saturated rings. The maximum atomic E-state index is 12.5. The number of unbranched alkanes of at least 4 members (excludes halogenated alkanes) is 1. The van der Waals surface area contributed by atoms with Crippen molar-refractivity contribution in [1.82, 2.24) is 9.88 Å². The number of rotatable bonds is 8. The molecule has 1 unspecified atom stereocenters. The van der Waals surface area contributed by atoms with Gasteiger partial charge in [0.2, 0.25) is 5.75 Å². The highest BCUT2D eigenvalue weighted by Gasteiger charge is 2.34. The summed E-state index contributed by atoms with van der Waals surface area (Å²) >= 11 is 0. The lowest BCUT2D eigenvalue weighted by Gasteiger charge is -2.28. The summed E-state index contributed by atoms with van der Waals surface area (Å²) < 4.78 is 28.7. The monoisotopic (exact) mass is 371 g/mol. The maximum absolute atomic E-state index is 12.5. The van der Waals surface area contributed by atoms with Gasteiger partial charge in [-0.05, 0) is 34.9 Å². The summed E-state index contributed by atoms with van der Waals surface area (Å²) in [5, 5.41) is 10.9. The highest BCUT2D eigenvalue weighted by molar-refractivity contribution is 7.91. The number of nitrogens with zero attached hydrogens (tertiary/aromatic N) is 3. The molecule has 0 N–H and O–H groups in total. The fourth-order valence-corrected chi connectivity index (χ4v) is 4.45. The van der Waals surface area contributed by atoms with Crippen molar-refractivity contribution in [3.63, 3.8) is 0 Å². The van der Waals surface area contributed by atoms with Gasteiger partial charge in [0, 0.05) is 12.6 Å². The number of hydrogen-bond acceptors (Lipinski definition) is 7. The lowest BCUT2D eigenvalue weighted by Crippen LogP contribution is -2.44. The molecule has 1 aliphatic rings. The van der Waals surface area contributed by atoms with Crippen molar-refractivity contribution < 1.29 is 22.9 Å². The number of ether oxygens (including phenoxy) is 1. The molecule has 2 heterocycles. The number of carbonyl (C=O) groups is 1. The Morgan fingerprint density at radius 1 is 1.52 bits per heavy atom. The van der Waals surface area contributed by atoms with Crippen LogP contribution < -0.4 is 4.74 Å². The van der Waals surface area contributed by atoms with E-state index in [-0.39, 0.29) is 29.2 Å². The Kier molecular flexibility index (Phi) is 6.29. The molecule has 1 aromatic heterocycles. The number of hydrogen-bond donors (Lipinski definition) is 0. The van der Waals surface area contributed by atoms with Crippen LogP contribution in [0.4, 0.5) is 5.82 Å². The molecule has 1 aromatic rings. The largest absolute Gasteiger partial charge is 0.476 e. The number of carbonyl (C=O) groups excluding carboxylic acids is 1. The summed E-state index contributed by atoms with van der Waals surface area (Å²) in [5.41, 5.74) is 0. The molecule has 0 aliphatic carbocycles. The maximum Gasteiger partial charge on any atom is 0.406 e. The van der Waals surface area contributed by atoms with Gasteiger partial charge in [-0.25, -0.2) is 8.42 Å². The minimum Gasteiger partial charge on any atom is -0.476 e. The third-order valence-corrected chi connectivity index (χ3v) is 5.75. The first kappa shape index (κ1) is 19.1. The van der Waals surface area contributed by atoms with E-state index in [9.17, 15) is 23.3 Å². The lowest BCUT2D eigenvalue weighted by atomic mass is 10.2. The van der Waals surface area contributed by atoms with Gasteiger partial charge in [-0.15, -0.1) is 0 Å². The Morgan fingerprint density at radius 3 is 2.88 bits per heavy atom. The van der Waals surface area contributed by atoms with E-state index < -0.39 is 27.2 Å². The zero-order chi connectivity index (χ0) is 18.4. The molecule has 138 valence electrons. The Balaban J connectivity index is 2.06. The minimum atomic E-state index is -3.12. The highest BCUT2D eigenvalue weighted by atomic mass is 32.2. The van der Waals surface area contributed by atoms with Crippen LogP contribution in [-0.2, 0) is 14.6 Å². The van der Waals surface area contributed by atoms with Gasteiger partial charge in [0.1, 0.15) is 6.20 Å². The number of sulfone groups is 1. The second kappa shape index (κ2) is 8.24. The SMILES string of the molecule is CCCCN(C(=O)COc1cccnc1[N+](=O)[O-])C1CCS(=O)(=O)C1. The topological polar surface area (TPSA) is 120 Å². The van der Waals surface area contributed by atoms with Crippen LogP contribution in [0.1, 0.15) is 26.2 Å². The van der Waals surface area contributed by atoms with Gasteiger partial charge in [0.15, 0.2) is 16.4 Å². The van der Waals surface area contributed by atoms with Crippen LogP contribution in [0.2, 0.25) is 0 Å². The molecule has 1 saturated heterocycles. The Bertz CT molecular complexity index is 737. The van der Waals surface area contributed by atoms with Crippen molar-refractivity contribution >= 4 is 21.6 Å². The summed E-state index contributed by atoms with van der Waals surface area (Å²) in [4.78, 5) is 27.9. The Morgan fingerprint density at radius 2 is 2.28 bits per heavy atom. The summed E-state index contributed by atoms with van der Waals surface area (Å²) in [7, 11) is -3.12. The van der Waals surface area contributed by atoms with Crippen LogP contribution in [0.5, 0.6) is 5.75 Å². The normalized spacial score (nSPS) is 18.7. The third-order valence-electron chi connectivity index (χ3n) is 4.00. The van der Waals surface area contributed by atoms with E-state index in [1.54, 1.807) is 0 Å². The molecule has 0 bridgehead atoms. The van der Waals surface area contributed by atoms with Crippen LogP contribution in [-0.4, -0.2) is 59.8 Å². The molecule has 10 heteroatoms. The fourth-order valence-electron chi connectivity index (χ4n) is 2.71. The van der Waals surface area contributed by atoms with Crippen LogP contribution in [0.25, 0.3) is 0 Å². The number of pyridine rings is 1. The van der Waals surface area contributed by atoms with E-state index in [1.807, 2.05) is 6.92 Å². The van der Waals surface area contributed by atoms with Gasteiger partial charge in [0.05, 0.1) is 11.5 Å². The summed E-state index contributed by atoms with van der Waals surface area (Å²) in [5.74, 6) is -0.902. The third kappa shape index (κ3) is 5.12. The zero-order valence-corrected chi connectivity index (χ0v) is 14.8. The van der Waals surface area contributed by atoms with Crippen molar-refractivity contribution in [2.24, 2.45) is 0 Å². The molecular formula is C15H21N3O6S. The first-order valence-corrected chi connectivity index (χ1v) is 9.88. The smallest absolute Gasteiger partial charge is 0.406 e. The second-order valence-electron chi connectivity index (χ2n) is 5.87. The minimum absolute atomic E-state index is 0.0461. The highest BCUT2D eigenvalue weighted by Crippen LogP contribution is 2.23. The summed E-state index contributed by atoms with van der Waals surface area (Å²) in [6.45, 7) is 2.02. The predicted molar refractivity (Wildman–Crippen MR) is 90.1 cm³/mol. The van der Waals surface area contributed by atoms with E-state index in [1.165, 1.54) is 23.2 Å². The molecule has 2 rings (SSSR count). The Hall–Kier alpha value is -2.23. The number of aromatic nitrogens is 1. The van der Waals surface area contributed by atoms with Gasteiger partial charge in [-0.1, -0.05) is 13.3 Å². The van der Waals surface area contributed by atoms with Gasteiger partial charge in [0.25, 0.3) is 5.91 Å². The van der Waals surface area contributed by atoms with E-state index in [0.717, 1.165) is 12.8 Å². The van der Waals surface area contributed by atoms with Crippen LogP contribution in [0, 0.1) is 10.1 Å². The molecule has 25 heavy (non-hydrogen) atoms. The van der Waals surface area contributed by atoms with E-state index in [0.29, 0.717) is 13.0 Å². The standard InChI is InChI=1S/C15H21N3O6S/c1-2-3-8-17(12-6-9-25(22,23)11-12)14(19)10-24-13-5-4-7-16-15(13)18(20)21/h4-5,7,12H,2-3,6,8-11H2,1H3. The van der Waals surface area contributed by atoms with Gasteiger partial charge in [-0.2, -0.15) is 0 Å². The predicted octanol–water partition coefficient (Wildman–Crippen LogP) is 1.18. The van der Waals surface area contributed by atoms with Crippen LogP contribution >= 0.6 is 0 Å². The van der Waals surface area contributed by atoms with Gasteiger partial charge >= 0.3 is 5.82 Å². The van der Waals surface area contributed by atoms with Crippen LogP contribution in [0.3, 0.4) is 0 Å². The molecule has 9 nitrogen and oxygen atoms in total. The molecule has 1 atom stereocenters. The van der Waals surface area contributed by atoms with E-state index in [2.05, 4.69) is 4.98 Å². The average Bonchev–Trinajstić information content (AvgIpc) is 2.93. The second-order valence-corrected chi connectivity index (χ2v) is 8.10. The van der Waals surface area contributed by atoms with Crippen molar-refractivity contribution in [1.29, 1.82) is 0 Å². The van der Waals surface area contributed by atoms with E-state index >= 15 is 0 Å². The lowest BCUT2D eigenvalue weighted by molar-refractivity contribution is -0.390. The molecule has 0 saturated carbocycles. The summed E-state index contributed by atoms with van der Waals surface area (Å²) in [6.07, 6.45) is 3.28. The first-order chi connectivity index (χ1) is 11.8. The van der Waals surface area contributed by atoms with Gasteiger partial charge in [-0.3, -0.25) is 4.79 Å². The van der Waals surface area contributed by atoms with Crippen LogP contribution in [0.15, 0.2) is 18.3 Å². The van der Waals surface area contributed by atoms with Gasteiger partial charge < -0.3 is 19.8 Å². The first-order valence-electron chi connectivity index (χ1n) is 8.06. The van der Waals surface area contributed by atoms with Crippen molar-refractivity contribution in [2.75, 3.05) is 24.7 Å². The molecular weight excluding hydrogens is 350 g/mol. The molecule has 1 aliphatic heterocycles. The number of amides is 1. The van der Waals surface area contributed by atoms with Crippen molar-refractivity contribution in [3.8, 4) is 5.75 Å². The summed E-state index contributed by atoms with van der Waals surface area (Å²) in [6, 6.07) is 2.48. The van der Waals surface area contributed by atoms with E-state index in [4.69, 9.17) is 4.74 Å². The Labute approximate surface area is 146 Å². The van der Waals surface area contributed by atoms with Crippen molar-refractivity contribution in [2.45, 2.75) is 32.2 Å². The quantitative estimate of drug-likeness (QED) is 0.497. The number of nitro groups is 1. The molecule has 0 radical (unpaired) electrons. The van der Waals surface area contributed by atoms with Crippen molar-refractivity contribution in [3.05, 3.63) is 28.4 Å². The average molecular weight is 371 g/mol. The zero-order valence-electron chi connectivity index (χ0n) is 14.0.